The zero-order valence-electron chi connectivity index (χ0n) is 12.1. The fraction of sp³-hybridized carbons (Fsp3) is 0.353. The van der Waals surface area contributed by atoms with E-state index in [2.05, 4.69) is 6.92 Å². The maximum Gasteiger partial charge on any atom is 0.257 e. The quantitative estimate of drug-likeness (QED) is 0.844. The number of aromatic hydroxyl groups is 1. The van der Waals surface area contributed by atoms with Crippen LogP contribution >= 0.6 is 0 Å². The average Bonchev–Trinajstić information content (AvgIpc) is 2.50. The third-order valence-electron chi connectivity index (χ3n) is 4.39. The molecule has 0 saturated carbocycles. The maximum atomic E-state index is 12.6. The molecule has 0 bridgehead atoms. The molecule has 21 heavy (non-hydrogen) atoms. The number of amides is 1. The monoisotopic (exact) mass is 284 g/mol. The second kappa shape index (κ2) is 5.37. The summed E-state index contributed by atoms with van der Waals surface area (Å²) in [5, 5.41) is 12.0. The summed E-state index contributed by atoms with van der Waals surface area (Å²) in [6, 6.07) is 11.3. The highest BCUT2D eigenvalue weighted by Crippen LogP contribution is 2.30. The smallest absolute Gasteiger partial charge is 0.257 e. The fourth-order valence-electron chi connectivity index (χ4n) is 2.95. The third-order valence-corrected chi connectivity index (χ3v) is 4.39. The van der Waals surface area contributed by atoms with Gasteiger partial charge in [0.25, 0.3) is 5.91 Å². The molecule has 1 amide bonds. The van der Waals surface area contributed by atoms with Gasteiger partial charge in [0.1, 0.15) is 5.75 Å². The molecular formula is C17H20N2O2. The Bertz CT molecular complexity index is 684. The van der Waals surface area contributed by atoms with Crippen molar-refractivity contribution in [1.29, 1.82) is 0 Å². The molecule has 4 nitrogen and oxygen atoms in total. The van der Waals surface area contributed by atoms with Gasteiger partial charge in [-0.3, -0.25) is 4.79 Å². The molecule has 110 valence electrons. The standard InChI is InChI=1S/C17H20N2O2/c1-11-10-19(9-8-15(11)18)17(21)14-7-6-12-4-2-3-5-13(12)16(14)20/h2-7,11,15,20H,8-10,18H2,1H3. The number of piperidine rings is 1. The van der Waals surface area contributed by atoms with Gasteiger partial charge in [-0.05, 0) is 23.8 Å². The van der Waals surface area contributed by atoms with Gasteiger partial charge in [0.15, 0.2) is 0 Å². The lowest BCUT2D eigenvalue weighted by Crippen LogP contribution is -2.48. The van der Waals surface area contributed by atoms with E-state index >= 15 is 0 Å². The van der Waals surface area contributed by atoms with Gasteiger partial charge in [0.05, 0.1) is 5.56 Å². The first kappa shape index (κ1) is 13.9. The SMILES string of the molecule is CC1CN(C(=O)c2ccc3ccccc3c2O)CCC1N. The molecule has 2 unspecified atom stereocenters. The molecule has 3 N–H and O–H groups in total. The zero-order chi connectivity index (χ0) is 15.0. The Kier molecular flexibility index (Phi) is 3.55. The normalized spacial score (nSPS) is 22.5. The van der Waals surface area contributed by atoms with E-state index in [1.54, 1.807) is 11.0 Å². The highest BCUT2D eigenvalue weighted by atomic mass is 16.3. The van der Waals surface area contributed by atoms with Crippen LogP contribution in [0.5, 0.6) is 5.75 Å². The van der Waals surface area contributed by atoms with Crippen LogP contribution in [0, 0.1) is 5.92 Å². The van der Waals surface area contributed by atoms with Crippen molar-refractivity contribution < 1.29 is 9.90 Å². The van der Waals surface area contributed by atoms with Gasteiger partial charge >= 0.3 is 0 Å². The first-order valence-electron chi connectivity index (χ1n) is 7.33. The van der Waals surface area contributed by atoms with Crippen LogP contribution in [0.15, 0.2) is 36.4 Å². The molecule has 2 aromatic carbocycles. The second-order valence-electron chi connectivity index (χ2n) is 5.86. The van der Waals surface area contributed by atoms with Crippen molar-refractivity contribution in [2.24, 2.45) is 11.7 Å². The summed E-state index contributed by atoms with van der Waals surface area (Å²) in [5.41, 5.74) is 6.37. The Morgan fingerprint density at radius 1 is 1.29 bits per heavy atom. The lowest BCUT2D eigenvalue weighted by atomic mass is 9.94. The number of carbonyl (C=O) groups is 1. The van der Waals surface area contributed by atoms with E-state index in [1.165, 1.54) is 0 Å². The van der Waals surface area contributed by atoms with Crippen molar-refractivity contribution in [3.63, 3.8) is 0 Å². The van der Waals surface area contributed by atoms with Crippen LogP contribution in [0.1, 0.15) is 23.7 Å². The van der Waals surface area contributed by atoms with Gasteiger partial charge in [0, 0.05) is 24.5 Å². The van der Waals surface area contributed by atoms with Crippen molar-refractivity contribution >= 4 is 16.7 Å². The number of hydrogen-bond donors (Lipinski definition) is 2. The molecular weight excluding hydrogens is 264 g/mol. The number of carbonyl (C=O) groups excluding carboxylic acids is 1. The molecule has 2 atom stereocenters. The number of nitrogens with zero attached hydrogens (tertiary/aromatic N) is 1. The Balaban J connectivity index is 1.93. The molecule has 0 aromatic heterocycles. The maximum absolute atomic E-state index is 12.6. The van der Waals surface area contributed by atoms with Crippen LogP contribution < -0.4 is 5.73 Å². The minimum absolute atomic E-state index is 0.0700. The van der Waals surface area contributed by atoms with Crippen LogP contribution in [-0.4, -0.2) is 35.0 Å². The number of nitrogens with two attached hydrogens (primary N) is 1. The van der Waals surface area contributed by atoms with Crippen LogP contribution in [-0.2, 0) is 0 Å². The van der Waals surface area contributed by atoms with Crippen molar-refractivity contribution in [3.05, 3.63) is 42.0 Å². The Morgan fingerprint density at radius 3 is 2.81 bits per heavy atom. The first-order chi connectivity index (χ1) is 10.1. The minimum atomic E-state index is -0.114. The predicted octanol–water partition coefficient (Wildman–Crippen LogP) is 2.35. The van der Waals surface area contributed by atoms with E-state index < -0.39 is 0 Å². The van der Waals surface area contributed by atoms with Gasteiger partial charge in [0.2, 0.25) is 0 Å². The summed E-state index contributed by atoms with van der Waals surface area (Å²) in [6.45, 7) is 3.35. The van der Waals surface area contributed by atoms with Gasteiger partial charge in [-0.2, -0.15) is 0 Å². The molecule has 1 heterocycles. The number of fused-ring (bicyclic) bond motifs is 1. The van der Waals surface area contributed by atoms with E-state index in [9.17, 15) is 9.90 Å². The van der Waals surface area contributed by atoms with E-state index in [0.29, 0.717) is 24.0 Å². The Labute approximate surface area is 124 Å². The van der Waals surface area contributed by atoms with Crippen molar-refractivity contribution in [1.82, 2.24) is 4.90 Å². The predicted molar refractivity (Wildman–Crippen MR) is 83.3 cm³/mol. The first-order valence-corrected chi connectivity index (χ1v) is 7.33. The number of likely N-dealkylation sites (tertiary alicyclic amines) is 1. The second-order valence-corrected chi connectivity index (χ2v) is 5.86. The van der Waals surface area contributed by atoms with Crippen molar-refractivity contribution in [3.8, 4) is 5.75 Å². The molecule has 0 aliphatic carbocycles. The third kappa shape index (κ3) is 2.47. The summed E-state index contributed by atoms with van der Waals surface area (Å²) in [7, 11) is 0. The summed E-state index contributed by atoms with van der Waals surface area (Å²) in [4.78, 5) is 14.4. The lowest BCUT2D eigenvalue weighted by Gasteiger charge is -2.35. The average molecular weight is 284 g/mol. The van der Waals surface area contributed by atoms with Crippen molar-refractivity contribution in [2.75, 3.05) is 13.1 Å². The summed E-state index contributed by atoms with van der Waals surface area (Å²) >= 11 is 0. The van der Waals surface area contributed by atoms with E-state index in [0.717, 1.165) is 11.8 Å². The molecule has 3 rings (SSSR count). The summed E-state index contributed by atoms with van der Waals surface area (Å²) in [5.74, 6) is 0.239. The molecule has 2 aromatic rings. The van der Waals surface area contributed by atoms with Crippen LogP contribution in [0.25, 0.3) is 10.8 Å². The fourth-order valence-corrected chi connectivity index (χ4v) is 2.95. The molecule has 1 fully saturated rings. The highest BCUT2D eigenvalue weighted by molar-refractivity contribution is 6.03. The van der Waals surface area contributed by atoms with Crippen LogP contribution in [0.3, 0.4) is 0 Å². The number of phenolic OH excluding ortho intramolecular Hbond substituents is 1. The van der Waals surface area contributed by atoms with Crippen LogP contribution in [0.4, 0.5) is 0 Å². The highest BCUT2D eigenvalue weighted by Gasteiger charge is 2.28. The molecule has 1 aliphatic rings. The van der Waals surface area contributed by atoms with E-state index in [1.807, 2.05) is 30.3 Å². The molecule has 1 saturated heterocycles. The summed E-state index contributed by atoms with van der Waals surface area (Å²) in [6.07, 6.45) is 0.807. The molecule has 0 radical (unpaired) electrons. The van der Waals surface area contributed by atoms with Gasteiger partial charge in [-0.1, -0.05) is 37.3 Å². The topological polar surface area (TPSA) is 66.6 Å². The Hall–Kier alpha value is -2.07. The minimum Gasteiger partial charge on any atom is -0.506 e. The lowest BCUT2D eigenvalue weighted by molar-refractivity contribution is 0.0661. The van der Waals surface area contributed by atoms with Gasteiger partial charge in [-0.15, -0.1) is 0 Å². The number of hydrogen-bond acceptors (Lipinski definition) is 3. The molecule has 4 heteroatoms. The zero-order valence-corrected chi connectivity index (χ0v) is 12.1. The largest absolute Gasteiger partial charge is 0.506 e. The van der Waals surface area contributed by atoms with Gasteiger partial charge in [-0.25, -0.2) is 0 Å². The van der Waals surface area contributed by atoms with E-state index in [4.69, 9.17) is 5.73 Å². The van der Waals surface area contributed by atoms with Gasteiger partial charge < -0.3 is 15.7 Å². The van der Waals surface area contributed by atoms with E-state index in [-0.39, 0.29) is 23.6 Å². The Morgan fingerprint density at radius 2 is 2.05 bits per heavy atom. The number of phenols is 1. The van der Waals surface area contributed by atoms with Crippen molar-refractivity contribution in [2.45, 2.75) is 19.4 Å². The van der Waals surface area contributed by atoms with Crippen LogP contribution in [0.2, 0.25) is 0 Å². The molecule has 0 spiro atoms. The number of rotatable bonds is 1. The molecule has 1 aliphatic heterocycles. The summed E-state index contributed by atoms with van der Waals surface area (Å²) < 4.78 is 0. The number of benzene rings is 2.